The highest BCUT2D eigenvalue weighted by Gasteiger charge is 2.54. The number of hydrogen-bond acceptors (Lipinski definition) is 14. The summed E-state index contributed by atoms with van der Waals surface area (Å²) >= 11 is 0. The van der Waals surface area contributed by atoms with Crippen LogP contribution >= 0.6 is 0 Å². The van der Waals surface area contributed by atoms with E-state index in [2.05, 4.69) is 5.32 Å². The molecule has 320 valence electrons. The van der Waals surface area contributed by atoms with Crippen LogP contribution in [0.5, 0.6) is 0 Å². The van der Waals surface area contributed by atoms with E-state index in [1.54, 1.807) is 41.5 Å². The van der Waals surface area contributed by atoms with Gasteiger partial charge in [0.1, 0.15) is 29.2 Å². The Morgan fingerprint density at radius 2 is 1.56 bits per heavy atom. The van der Waals surface area contributed by atoms with E-state index in [-0.39, 0.29) is 37.2 Å². The SMILES string of the molecule is CC[C@H]1OC(=O)C(C)C(OC2CC(C)(OC)C(OC(=O)NC)C(C)O2)C(C)C(OC2OC(C)CC(N(C)C)C2O)C(C)(C)CC(C)C(=O)C(C)C(O)C1(C)O. The Labute approximate surface area is 328 Å². The van der Waals surface area contributed by atoms with Gasteiger partial charge in [0.15, 0.2) is 18.7 Å². The number of nitrogens with one attached hydrogen (secondary N) is 1. The van der Waals surface area contributed by atoms with Gasteiger partial charge in [-0.3, -0.25) is 9.59 Å². The lowest BCUT2D eigenvalue weighted by Gasteiger charge is -2.50. The fourth-order valence-corrected chi connectivity index (χ4v) is 9.14. The molecule has 0 radical (unpaired) electrons. The highest BCUT2D eigenvalue weighted by Crippen LogP contribution is 2.44. The maximum absolute atomic E-state index is 14.3. The molecule has 0 aromatic carbocycles. The van der Waals surface area contributed by atoms with Crippen molar-refractivity contribution in [1.29, 1.82) is 0 Å². The van der Waals surface area contributed by atoms with Crippen LogP contribution in [0, 0.1) is 29.1 Å². The molecule has 0 aliphatic carbocycles. The molecule has 0 aromatic rings. The molecule has 55 heavy (non-hydrogen) atoms. The topological polar surface area (TPSA) is 192 Å². The Morgan fingerprint density at radius 1 is 0.945 bits per heavy atom. The third kappa shape index (κ3) is 10.6. The molecular weight excluding hydrogens is 716 g/mol. The zero-order valence-corrected chi connectivity index (χ0v) is 35.9. The van der Waals surface area contributed by atoms with Gasteiger partial charge in [0, 0.05) is 44.4 Å². The minimum Gasteiger partial charge on any atom is -0.459 e. The molecule has 3 fully saturated rings. The van der Waals surface area contributed by atoms with Crippen LogP contribution in [-0.4, -0.2) is 145 Å². The molecule has 0 aromatic heterocycles. The number of aliphatic hydroxyl groups is 3. The van der Waals surface area contributed by atoms with E-state index in [0.717, 1.165) is 0 Å². The van der Waals surface area contributed by atoms with Crippen molar-refractivity contribution in [2.45, 2.75) is 181 Å². The second-order valence-corrected chi connectivity index (χ2v) is 17.7. The van der Waals surface area contributed by atoms with Gasteiger partial charge in [0.05, 0.1) is 36.4 Å². The number of hydrogen-bond donors (Lipinski definition) is 4. The largest absolute Gasteiger partial charge is 0.459 e. The van der Waals surface area contributed by atoms with Crippen LogP contribution in [0.3, 0.4) is 0 Å². The van der Waals surface area contributed by atoms with Crippen LogP contribution in [0.1, 0.15) is 102 Å². The number of methoxy groups -OCH3 is 1. The summed E-state index contributed by atoms with van der Waals surface area (Å²) in [4.78, 5) is 42.5. The van der Waals surface area contributed by atoms with Crippen LogP contribution in [-0.2, 0) is 42.7 Å². The van der Waals surface area contributed by atoms with Crippen molar-refractivity contribution in [3.63, 3.8) is 0 Å². The number of esters is 1. The number of ketones is 1. The molecule has 0 spiro atoms. The molecule has 1 amide bonds. The lowest BCUT2D eigenvalue weighted by Crippen LogP contribution is -2.60. The molecule has 16 unspecified atom stereocenters. The number of cyclic esters (lactones) is 1. The van der Waals surface area contributed by atoms with Crippen molar-refractivity contribution < 1.29 is 62.9 Å². The maximum atomic E-state index is 14.3. The number of likely N-dealkylation sites (N-methyl/N-ethyl adjacent to an activating group) is 1. The first-order chi connectivity index (χ1) is 25.4. The number of Topliss-reactive ketones (excluding diaryl/α,β-unsaturated/α-hetero) is 1. The smallest absolute Gasteiger partial charge is 0.407 e. The number of nitrogens with zero attached hydrogens (tertiary/aromatic N) is 1. The molecule has 3 saturated heterocycles. The summed E-state index contributed by atoms with van der Waals surface area (Å²) < 4.78 is 43.9. The Balaban J connectivity index is 2.18. The Kier molecular flexibility index (Phi) is 16.2. The van der Waals surface area contributed by atoms with Crippen LogP contribution in [0.2, 0.25) is 0 Å². The lowest BCUT2D eigenvalue weighted by atomic mass is 9.69. The summed E-state index contributed by atoms with van der Waals surface area (Å²) in [7, 11) is 6.75. The molecular formula is C40H72N2O13. The number of ether oxygens (including phenoxy) is 7. The second-order valence-electron chi connectivity index (χ2n) is 17.7. The summed E-state index contributed by atoms with van der Waals surface area (Å²) in [5.74, 6) is -4.17. The monoisotopic (exact) mass is 789 g/mol. The Hall–Kier alpha value is -1.95. The highest BCUT2D eigenvalue weighted by molar-refractivity contribution is 5.83. The van der Waals surface area contributed by atoms with E-state index in [9.17, 15) is 29.7 Å². The normalized spacial score (nSPS) is 45.0. The van der Waals surface area contributed by atoms with Gasteiger partial charge in [0.2, 0.25) is 0 Å². The summed E-state index contributed by atoms with van der Waals surface area (Å²) in [6.45, 7) is 19.4. The number of aliphatic hydroxyl groups excluding tert-OH is 2. The minimum absolute atomic E-state index is 0.115. The van der Waals surface area contributed by atoms with Gasteiger partial charge >= 0.3 is 12.1 Å². The van der Waals surface area contributed by atoms with E-state index in [1.165, 1.54) is 21.1 Å². The zero-order valence-electron chi connectivity index (χ0n) is 35.9. The van der Waals surface area contributed by atoms with Crippen molar-refractivity contribution in [2.24, 2.45) is 29.1 Å². The molecule has 0 saturated carbocycles. The second kappa shape index (κ2) is 18.8. The summed E-state index contributed by atoms with van der Waals surface area (Å²) in [5.41, 5.74) is -3.83. The first-order valence-corrected chi connectivity index (χ1v) is 19.9. The molecule has 17 atom stereocenters. The molecule has 15 heteroatoms. The van der Waals surface area contributed by atoms with E-state index in [0.29, 0.717) is 6.42 Å². The van der Waals surface area contributed by atoms with Crippen LogP contribution in [0.25, 0.3) is 0 Å². The fraction of sp³-hybridized carbons (Fsp3) is 0.925. The number of rotatable bonds is 8. The summed E-state index contributed by atoms with van der Waals surface area (Å²) in [6.07, 6.45) is -8.73. The van der Waals surface area contributed by atoms with E-state index >= 15 is 0 Å². The van der Waals surface area contributed by atoms with Gasteiger partial charge in [-0.1, -0.05) is 41.5 Å². The number of alkyl carbamates (subject to hydrolysis) is 1. The summed E-state index contributed by atoms with van der Waals surface area (Å²) in [6, 6.07) is -0.262. The first kappa shape index (κ1) is 47.4. The Bertz CT molecular complexity index is 1300. The average Bonchev–Trinajstić information content (AvgIpc) is 3.11. The predicted molar refractivity (Wildman–Crippen MR) is 203 cm³/mol. The zero-order chi connectivity index (χ0) is 42.0. The molecule has 3 heterocycles. The third-order valence-corrected chi connectivity index (χ3v) is 12.5. The van der Waals surface area contributed by atoms with E-state index in [1.807, 2.05) is 46.7 Å². The van der Waals surface area contributed by atoms with Crippen LogP contribution in [0.15, 0.2) is 0 Å². The molecule has 3 rings (SSSR count). The number of amides is 1. The third-order valence-electron chi connectivity index (χ3n) is 12.5. The number of carbonyl (C=O) groups excluding carboxylic acids is 3. The van der Waals surface area contributed by atoms with Crippen molar-refractivity contribution in [1.82, 2.24) is 10.2 Å². The quantitative estimate of drug-likeness (QED) is 0.262. The lowest BCUT2D eigenvalue weighted by molar-refractivity contribution is -0.312. The molecule has 0 bridgehead atoms. The highest BCUT2D eigenvalue weighted by atomic mass is 16.7. The van der Waals surface area contributed by atoms with E-state index in [4.69, 9.17) is 33.2 Å². The minimum atomic E-state index is -1.96. The fourth-order valence-electron chi connectivity index (χ4n) is 9.14. The standard InChI is InChI=1S/C40H72N2O13/c1-16-27-40(11,48)32(45)22(4)29(43)20(2)18-38(8,9)33(54-36-30(44)26(42(13)14)17-21(3)50-36)23(5)31(24(6)35(46)52-27)53-28-19-39(10,49-15)34(25(7)51-28)55-37(47)41-12/h20-28,30-34,36,44-45,48H,16-19H2,1-15H3,(H,41,47)/t20?,21?,22?,23?,24?,25?,26?,27-,28?,30?,31?,32?,33?,34?,36?,39?,40?/m1/s1. The van der Waals surface area contributed by atoms with Crippen LogP contribution in [0.4, 0.5) is 4.79 Å². The number of carbonyl (C=O) groups is 3. The molecule has 3 aliphatic heterocycles. The molecule has 15 nitrogen and oxygen atoms in total. The average molecular weight is 789 g/mol. The maximum Gasteiger partial charge on any atom is 0.407 e. The van der Waals surface area contributed by atoms with Gasteiger partial charge in [-0.15, -0.1) is 0 Å². The van der Waals surface area contributed by atoms with Crippen LogP contribution < -0.4 is 5.32 Å². The predicted octanol–water partition coefficient (Wildman–Crippen LogP) is 3.42. The van der Waals surface area contributed by atoms with E-state index < -0.39 is 108 Å². The van der Waals surface area contributed by atoms with Crippen molar-refractivity contribution in [3.05, 3.63) is 0 Å². The van der Waals surface area contributed by atoms with Crippen molar-refractivity contribution >= 4 is 17.8 Å². The molecule has 4 N–H and O–H groups in total. The Morgan fingerprint density at radius 3 is 2.11 bits per heavy atom. The van der Waals surface area contributed by atoms with Gasteiger partial charge in [-0.2, -0.15) is 0 Å². The van der Waals surface area contributed by atoms with Gasteiger partial charge in [0.25, 0.3) is 0 Å². The molecule has 3 aliphatic rings. The van der Waals surface area contributed by atoms with Crippen molar-refractivity contribution in [2.75, 3.05) is 28.3 Å². The van der Waals surface area contributed by atoms with Gasteiger partial charge < -0.3 is 58.7 Å². The summed E-state index contributed by atoms with van der Waals surface area (Å²) in [5, 5.41) is 37.2. The van der Waals surface area contributed by atoms with Crippen molar-refractivity contribution in [3.8, 4) is 0 Å². The van der Waals surface area contributed by atoms with Gasteiger partial charge in [-0.05, 0) is 73.4 Å². The van der Waals surface area contributed by atoms with Gasteiger partial charge in [-0.25, -0.2) is 4.79 Å². The first-order valence-electron chi connectivity index (χ1n) is 19.9.